The van der Waals surface area contributed by atoms with Crippen LogP contribution in [-0.4, -0.2) is 45.9 Å². The first-order valence-electron chi connectivity index (χ1n) is 5.99. The Bertz CT molecular complexity index is 423. The summed E-state index contributed by atoms with van der Waals surface area (Å²) in [6, 6.07) is 2.00. The van der Waals surface area contributed by atoms with E-state index < -0.39 is 11.0 Å². The van der Waals surface area contributed by atoms with Gasteiger partial charge in [-0.3, -0.25) is 10.1 Å². The maximum Gasteiger partial charge on any atom is 0.276 e. The standard InChI is InChI=1S/C11H18N4O4/c1-2-3-12-10-4-9(15(18)19)5-11(14-10)13-8(6-16)7-17/h4-5,8,16-17H,2-3,6-7H2,1H3,(H2,12,13,14). The highest BCUT2D eigenvalue weighted by molar-refractivity contribution is 5.55. The van der Waals surface area contributed by atoms with Crippen LogP contribution < -0.4 is 10.6 Å². The molecule has 0 bridgehead atoms. The van der Waals surface area contributed by atoms with Crippen LogP contribution in [-0.2, 0) is 0 Å². The first-order valence-corrected chi connectivity index (χ1v) is 5.99. The number of aliphatic hydroxyl groups excluding tert-OH is 2. The van der Waals surface area contributed by atoms with Gasteiger partial charge in [-0.05, 0) is 6.42 Å². The Labute approximate surface area is 110 Å². The summed E-state index contributed by atoms with van der Waals surface area (Å²) in [4.78, 5) is 14.5. The molecule has 0 saturated heterocycles. The van der Waals surface area contributed by atoms with Crippen LogP contribution in [0.25, 0.3) is 0 Å². The molecule has 1 aromatic rings. The maximum atomic E-state index is 10.8. The van der Waals surface area contributed by atoms with Gasteiger partial charge in [-0.15, -0.1) is 0 Å². The summed E-state index contributed by atoms with van der Waals surface area (Å²) in [6.45, 7) is 2.03. The van der Waals surface area contributed by atoms with E-state index in [1.165, 1.54) is 12.1 Å². The molecule has 0 aliphatic rings. The highest BCUT2D eigenvalue weighted by atomic mass is 16.6. The van der Waals surface area contributed by atoms with Gasteiger partial charge in [0.05, 0.1) is 36.3 Å². The number of pyridine rings is 1. The predicted molar refractivity (Wildman–Crippen MR) is 71.3 cm³/mol. The molecule has 8 heteroatoms. The summed E-state index contributed by atoms with van der Waals surface area (Å²) in [7, 11) is 0. The van der Waals surface area contributed by atoms with Crippen LogP contribution >= 0.6 is 0 Å². The molecule has 0 aromatic carbocycles. The zero-order chi connectivity index (χ0) is 14.3. The topological polar surface area (TPSA) is 121 Å². The predicted octanol–water partition coefficient (Wildman–Crippen LogP) is 0.577. The summed E-state index contributed by atoms with van der Waals surface area (Å²) in [5, 5.41) is 34.5. The van der Waals surface area contributed by atoms with Gasteiger partial charge < -0.3 is 20.8 Å². The molecule has 0 spiro atoms. The van der Waals surface area contributed by atoms with Crippen LogP contribution in [0.2, 0.25) is 0 Å². The third-order valence-corrected chi connectivity index (χ3v) is 2.37. The molecular weight excluding hydrogens is 252 g/mol. The van der Waals surface area contributed by atoms with Gasteiger partial charge >= 0.3 is 0 Å². The fourth-order valence-electron chi connectivity index (χ4n) is 1.40. The second-order valence-electron chi connectivity index (χ2n) is 3.99. The van der Waals surface area contributed by atoms with E-state index in [4.69, 9.17) is 10.2 Å². The number of rotatable bonds is 8. The number of nitrogens with one attached hydrogen (secondary N) is 2. The monoisotopic (exact) mass is 270 g/mol. The van der Waals surface area contributed by atoms with Gasteiger partial charge in [-0.2, -0.15) is 0 Å². The van der Waals surface area contributed by atoms with Crippen molar-refractivity contribution in [1.29, 1.82) is 0 Å². The summed E-state index contributed by atoms with van der Waals surface area (Å²) in [5.74, 6) is 0.620. The Morgan fingerprint density at radius 2 is 2.00 bits per heavy atom. The molecular formula is C11H18N4O4. The smallest absolute Gasteiger partial charge is 0.276 e. The molecule has 0 aliphatic carbocycles. The molecule has 0 amide bonds. The number of nitrogens with zero attached hydrogens (tertiary/aromatic N) is 2. The van der Waals surface area contributed by atoms with Crippen LogP contribution in [0.5, 0.6) is 0 Å². The fourth-order valence-corrected chi connectivity index (χ4v) is 1.40. The molecule has 0 fully saturated rings. The van der Waals surface area contributed by atoms with E-state index in [1.54, 1.807) is 0 Å². The molecule has 1 rings (SSSR count). The summed E-state index contributed by atoms with van der Waals surface area (Å²) < 4.78 is 0. The van der Waals surface area contributed by atoms with E-state index in [2.05, 4.69) is 15.6 Å². The van der Waals surface area contributed by atoms with Crippen LogP contribution in [0.4, 0.5) is 17.3 Å². The van der Waals surface area contributed by atoms with Crippen molar-refractivity contribution in [3.05, 3.63) is 22.2 Å². The first kappa shape index (κ1) is 15.1. The van der Waals surface area contributed by atoms with Crippen LogP contribution in [0.15, 0.2) is 12.1 Å². The minimum absolute atomic E-state index is 0.106. The van der Waals surface area contributed by atoms with Crippen molar-refractivity contribution in [3.63, 3.8) is 0 Å². The largest absolute Gasteiger partial charge is 0.394 e. The highest BCUT2D eigenvalue weighted by Crippen LogP contribution is 2.21. The molecule has 4 N–H and O–H groups in total. The van der Waals surface area contributed by atoms with Gasteiger partial charge in [0.2, 0.25) is 0 Å². The fraction of sp³-hybridized carbons (Fsp3) is 0.545. The van der Waals surface area contributed by atoms with E-state index >= 15 is 0 Å². The van der Waals surface area contributed by atoms with E-state index in [-0.39, 0.29) is 24.7 Å². The lowest BCUT2D eigenvalue weighted by Crippen LogP contribution is -2.28. The van der Waals surface area contributed by atoms with Crippen molar-refractivity contribution in [2.75, 3.05) is 30.4 Å². The Balaban J connectivity index is 2.95. The Kier molecular flexibility index (Phi) is 5.97. The third-order valence-electron chi connectivity index (χ3n) is 2.37. The third kappa shape index (κ3) is 4.68. The van der Waals surface area contributed by atoms with Gasteiger partial charge in [0.15, 0.2) is 0 Å². The molecule has 19 heavy (non-hydrogen) atoms. The summed E-state index contributed by atoms with van der Waals surface area (Å²) >= 11 is 0. The molecule has 0 aliphatic heterocycles. The number of hydrogen-bond acceptors (Lipinski definition) is 7. The van der Waals surface area contributed by atoms with Crippen molar-refractivity contribution >= 4 is 17.3 Å². The lowest BCUT2D eigenvalue weighted by Gasteiger charge is -2.14. The van der Waals surface area contributed by atoms with E-state index in [1.807, 2.05) is 6.92 Å². The molecule has 0 radical (unpaired) electrons. The van der Waals surface area contributed by atoms with E-state index in [9.17, 15) is 10.1 Å². The molecule has 8 nitrogen and oxygen atoms in total. The summed E-state index contributed by atoms with van der Waals surface area (Å²) in [5.41, 5.74) is -0.106. The van der Waals surface area contributed by atoms with Crippen molar-refractivity contribution in [2.24, 2.45) is 0 Å². The molecule has 0 unspecified atom stereocenters. The average Bonchev–Trinajstić information content (AvgIpc) is 2.42. The second kappa shape index (κ2) is 7.49. The van der Waals surface area contributed by atoms with Gasteiger partial charge in [-0.1, -0.05) is 6.92 Å². The zero-order valence-electron chi connectivity index (χ0n) is 10.7. The van der Waals surface area contributed by atoms with Crippen LogP contribution in [0, 0.1) is 10.1 Å². The number of nitro groups is 1. The van der Waals surface area contributed by atoms with Gasteiger partial charge in [0.1, 0.15) is 11.6 Å². The summed E-state index contributed by atoms with van der Waals surface area (Å²) in [6.07, 6.45) is 0.864. The second-order valence-corrected chi connectivity index (χ2v) is 3.99. The molecule has 106 valence electrons. The number of aliphatic hydroxyl groups is 2. The SMILES string of the molecule is CCCNc1cc([N+](=O)[O-])cc(NC(CO)CO)n1. The Morgan fingerprint density at radius 1 is 1.37 bits per heavy atom. The molecule has 0 saturated carbocycles. The average molecular weight is 270 g/mol. The Morgan fingerprint density at radius 3 is 2.53 bits per heavy atom. The van der Waals surface area contributed by atoms with Gasteiger partial charge in [-0.25, -0.2) is 4.98 Å². The molecule has 1 aromatic heterocycles. The quantitative estimate of drug-likeness (QED) is 0.402. The number of hydrogen-bond donors (Lipinski definition) is 4. The minimum Gasteiger partial charge on any atom is -0.394 e. The van der Waals surface area contributed by atoms with Crippen LogP contribution in [0.1, 0.15) is 13.3 Å². The lowest BCUT2D eigenvalue weighted by molar-refractivity contribution is -0.384. The van der Waals surface area contributed by atoms with E-state index in [0.29, 0.717) is 12.4 Å². The van der Waals surface area contributed by atoms with Crippen LogP contribution in [0.3, 0.4) is 0 Å². The molecule has 0 atom stereocenters. The number of anilines is 2. The Hall–Kier alpha value is -1.93. The lowest BCUT2D eigenvalue weighted by atomic mass is 10.3. The zero-order valence-corrected chi connectivity index (χ0v) is 10.7. The highest BCUT2D eigenvalue weighted by Gasteiger charge is 2.13. The van der Waals surface area contributed by atoms with E-state index in [0.717, 1.165) is 6.42 Å². The first-order chi connectivity index (χ1) is 9.10. The van der Waals surface area contributed by atoms with Crippen molar-refractivity contribution in [1.82, 2.24) is 4.98 Å². The molecule has 1 heterocycles. The van der Waals surface area contributed by atoms with Crippen molar-refractivity contribution in [3.8, 4) is 0 Å². The normalized spacial score (nSPS) is 10.5. The van der Waals surface area contributed by atoms with Crippen molar-refractivity contribution < 1.29 is 15.1 Å². The van der Waals surface area contributed by atoms with Gasteiger partial charge in [0, 0.05) is 6.54 Å². The minimum atomic E-state index is -0.603. The van der Waals surface area contributed by atoms with Gasteiger partial charge in [0.25, 0.3) is 5.69 Å². The maximum absolute atomic E-state index is 10.8. The number of aromatic nitrogens is 1. The van der Waals surface area contributed by atoms with Crippen molar-refractivity contribution in [2.45, 2.75) is 19.4 Å².